The molecule has 4 rings (SSSR count). The van der Waals surface area contributed by atoms with Crippen LogP contribution in [0.15, 0.2) is 16.7 Å². The van der Waals surface area contributed by atoms with Crippen LogP contribution in [0.5, 0.6) is 5.75 Å². The van der Waals surface area contributed by atoms with Crippen LogP contribution >= 0.6 is 0 Å². The summed E-state index contributed by atoms with van der Waals surface area (Å²) in [6.07, 6.45) is 4.62. The van der Waals surface area contributed by atoms with Crippen molar-refractivity contribution in [2.24, 2.45) is 0 Å². The lowest BCUT2D eigenvalue weighted by atomic mass is 10.1. The average molecular weight is 343 g/mol. The molecule has 0 radical (unpaired) electrons. The second kappa shape index (κ2) is 7.09. The van der Waals surface area contributed by atoms with Gasteiger partial charge in [0.25, 0.3) is 0 Å². The van der Waals surface area contributed by atoms with Gasteiger partial charge >= 0.3 is 0 Å². The van der Waals surface area contributed by atoms with Crippen LogP contribution in [-0.2, 0) is 13.1 Å². The van der Waals surface area contributed by atoms with Crippen LogP contribution in [0.3, 0.4) is 0 Å². The molecule has 1 unspecified atom stereocenters. The maximum Gasteiger partial charge on any atom is 0.229 e. The molecular weight excluding hydrogens is 318 g/mol. The fraction of sp³-hybridized carbons (Fsp3) is 0.611. The molecule has 3 heterocycles. The predicted molar refractivity (Wildman–Crippen MR) is 92.1 cm³/mol. The van der Waals surface area contributed by atoms with E-state index in [1.807, 2.05) is 13.0 Å². The summed E-state index contributed by atoms with van der Waals surface area (Å²) >= 11 is 0. The van der Waals surface area contributed by atoms with Crippen LogP contribution in [0.2, 0.25) is 0 Å². The molecule has 0 aromatic carbocycles. The maximum atomic E-state index is 9.92. The molecule has 1 atom stereocenters. The first kappa shape index (κ1) is 16.5. The number of nitrogens with one attached hydrogen (secondary N) is 1. The number of likely N-dealkylation sites (tertiary alicyclic amines) is 1. The summed E-state index contributed by atoms with van der Waals surface area (Å²) in [5.41, 5.74) is 1.63. The molecule has 1 aliphatic heterocycles. The van der Waals surface area contributed by atoms with Crippen molar-refractivity contribution in [3.63, 3.8) is 0 Å². The van der Waals surface area contributed by atoms with E-state index in [2.05, 4.69) is 25.3 Å². The van der Waals surface area contributed by atoms with E-state index in [0.29, 0.717) is 24.2 Å². The van der Waals surface area contributed by atoms with Crippen molar-refractivity contribution in [1.29, 1.82) is 0 Å². The summed E-state index contributed by atoms with van der Waals surface area (Å²) in [6.45, 7) is 5.26. The van der Waals surface area contributed by atoms with Crippen LogP contribution in [0.1, 0.15) is 54.7 Å². The lowest BCUT2D eigenvalue weighted by Gasteiger charge is -2.32. The molecule has 0 bridgehead atoms. The molecule has 7 nitrogen and oxygen atoms in total. The third kappa shape index (κ3) is 4.16. The van der Waals surface area contributed by atoms with Gasteiger partial charge in [-0.2, -0.15) is 4.98 Å². The first-order chi connectivity index (χ1) is 12.2. The molecule has 1 saturated carbocycles. The van der Waals surface area contributed by atoms with Crippen LogP contribution in [0.25, 0.3) is 0 Å². The number of hydrogen-bond acceptors (Lipinski definition) is 7. The first-order valence-electron chi connectivity index (χ1n) is 9.11. The molecule has 25 heavy (non-hydrogen) atoms. The molecule has 134 valence electrons. The normalized spacial score (nSPS) is 21.6. The van der Waals surface area contributed by atoms with Gasteiger partial charge in [0.2, 0.25) is 5.89 Å². The van der Waals surface area contributed by atoms with Gasteiger partial charge in [-0.15, -0.1) is 0 Å². The average Bonchev–Trinajstić information content (AvgIpc) is 3.36. The molecule has 2 N–H and O–H groups in total. The minimum absolute atomic E-state index is 0.255. The zero-order valence-electron chi connectivity index (χ0n) is 14.6. The molecular formula is C18H25N5O2. The molecule has 2 fully saturated rings. The van der Waals surface area contributed by atoms with E-state index in [4.69, 9.17) is 4.52 Å². The maximum absolute atomic E-state index is 9.92. The Labute approximate surface area is 147 Å². The molecule has 2 aromatic rings. The second-order valence-corrected chi connectivity index (χ2v) is 7.20. The molecule has 1 saturated heterocycles. The molecule has 1 aliphatic carbocycles. The lowest BCUT2D eigenvalue weighted by molar-refractivity contribution is 0.176. The predicted octanol–water partition coefficient (Wildman–Crippen LogP) is 2.11. The van der Waals surface area contributed by atoms with E-state index in [-0.39, 0.29) is 5.75 Å². The number of pyridine rings is 1. The Kier molecular flexibility index (Phi) is 4.67. The number of hydrogen-bond donors (Lipinski definition) is 2. The monoisotopic (exact) mass is 343 g/mol. The van der Waals surface area contributed by atoms with Gasteiger partial charge < -0.3 is 14.9 Å². The van der Waals surface area contributed by atoms with Crippen molar-refractivity contribution in [1.82, 2.24) is 25.3 Å². The largest absolute Gasteiger partial charge is 0.506 e. The molecule has 2 aliphatic rings. The quantitative estimate of drug-likeness (QED) is 0.830. The number of aryl methyl sites for hydroxylation is 1. The topological polar surface area (TPSA) is 87.3 Å². The fourth-order valence-corrected chi connectivity index (χ4v) is 3.37. The van der Waals surface area contributed by atoms with Gasteiger partial charge in [-0.1, -0.05) is 5.16 Å². The standard InChI is InChI=1S/C18H25N5O2/c1-12-4-7-16(24)15(20-12)9-19-14-3-2-8-23(10-14)11-17-21-18(25-22-17)13-5-6-13/h4,7,13-14,19,24H,2-3,5-6,8-11H2,1H3. The van der Waals surface area contributed by atoms with Crippen molar-refractivity contribution in [3.8, 4) is 5.75 Å². The molecule has 7 heteroatoms. The Balaban J connectivity index is 1.30. The van der Waals surface area contributed by atoms with Crippen molar-refractivity contribution in [3.05, 3.63) is 35.2 Å². The van der Waals surface area contributed by atoms with Gasteiger partial charge in [0.15, 0.2) is 5.82 Å². The van der Waals surface area contributed by atoms with Gasteiger partial charge in [-0.25, -0.2) is 0 Å². The Morgan fingerprint density at radius 3 is 3.00 bits per heavy atom. The molecule has 2 aromatic heterocycles. The van der Waals surface area contributed by atoms with Gasteiger partial charge in [-0.05, 0) is 51.3 Å². The van der Waals surface area contributed by atoms with Gasteiger partial charge in [0.1, 0.15) is 5.75 Å². The van der Waals surface area contributed by atoms with E-state index in [9.17, 15) is 5.11 Å². The van der Waals surface area contributed by atoms with Crippen molar-refractivity contribution in [2.45, 2.75) is 57.7 Å². The number of nitrogens with zero attached hydrogens (tertiary/aromatic N) is 4. The van der Waals surface area contributed by atoms with Crippen LogP contribution < -0.4 is 5.32 Å². The highest BCUT2D eigenvalue weighted by molar-refractivity contribution is 5.27. The summed E-state index contributed by atoms with van der Waals surface area (Å²) in [4.78, 5) is 11.3. The van der Waals surface area contributed by atoms with Gasteiger partial charge in [-0.3, -0.25) is 9.88 Å². The third-order valence-corrected chi connectivity index (χ3v) is 4.93. The lowest BCUT2D eigenvalue weighted by Crippen LogP contribution is -2.45. The number of piperidine rings is 1. The molecule has 0 spiro atoms. The van der Waals surface area contributed by atoms with Gasteiger partial charge in [0.05, 0.1) is 12.2 Å². The van der Waals surface area contributed by atoms with Crippen LogP contribution in [-0.4, -0.2) is 44.3 Å². The smallest absolute Gasteiger partial charge is 0.229 e. The molecule has 0 amide bonds. The number of aromatic nitrogens is 3. The Hall–Kier alpha value is -1.99. The minimum atomic E-state index is 0.255. The number of rotatable bonds is 6. The van der Waals surface area contributed by atoms with Crippen molar-refractivity contribution in [2.75, 3.05) is 13.1 Å². The van der Waals surface area contributed by atoms with E-state index in [0.717, 1.165) is 49.9 Å². The SMILES string of the molecule is Cc1ccc(O)c(CNC2CCCN(Cc3noc(C4CC4)n3)C2)n1. The summed E-state index contributed by atoms with van der Waals surface area (Å²) in [5, 5.41) is 17.6. The Morgan fingerprint density at radius 2 is 2.16 bits per heavy atom. The highest BCUT2D eigenvalue weighted by atomic mass is 16.5. The van der Waals surface area contributed by atoms with E-state index < -0.39 is 0 Å². The van der Waals surface area contributed by atoms with Crippen molar-refractivity contribution >= 4 is 0 Å². The third-order valence-electron chi connectivity index (χ3n) is 4.93. The van der Waals surface area contributed by atoms with Gasteiger partial charge in [0, 0.05) is 30.7 Å². The van der Waals surface area contributed by atoms with Crippen LogP contribution in [0, 0.1) is 6.92 Å². The Bertz CT molecular complexity index is 728. The fourth-order valence-electron chi connectivity index (χ4n) is 3.37. The Morgan fingerprint density at radius 1 is 1.28 bits per heavy atom. The van der Waals surface area contributed by atoms with E-state index >= 15 is 0 Å². The summed E-state index contributed by atoms with van der Waals surface area (Å²) < 4.78 is 5.35. The van der Waals surface area contributed by atoms with E-state index in [1.54, 1.807) is 6.07 Å². The number of aromatic hydroxyl groups is 1. The first-order valence-corrected chi connectivity index (χ1v) is 9.11. The van der Waals surface area contributed by atoms with E-state index in [1.165, 1.54) is 12.8 Å². The zero-order valence-corrected chi connectivity index (χ0v) is 14.6. The van der Waals surface area contributed by atoms with Crippen LogP contribution in [0.4, 0.5) is 0 Å². The summed E-state index contributed by atoms with van der Waals surface area (Å²) in [7, 11) is 0. The summed E-state index contributed by atoms with van der Waals surface area (Å²) in [6, 6.07) is 3.91. The highest BCUT2D eigenvalue weighted by Crippen LogP contribution is 2.38. The zero-order chi connectivity index (χ0) is 17.2. The highest BCUT2D eigenvalue weighted by Gasteiger charge is 2.30. The minimum Gasteiger partial charge on any atom is -0.506 e. The summed E-state index contributed by atoms with van der Waals surface area (Å²) in [5.74, 6) is 2.36. The van der Waals surface area contributed by atoms with Crippen molar-refractivity contribution < 1.29 is 9.63 Å². The second-order valence-electron chi connectivity index (χ2n) is 7.20.